The van der Waals surface area contributed by atoms with Crippen LogP contribution < -0.4 is 5.32 Å². The van der Waals surface area contributed by atoms with Crippen LogP contribution in [0, 0.1) is 0 Å². The average Bonchev–Trinajstić information content (AvgIpc) is 2.89. The molecule has 0 aliphatic carbocycles. The Morgan fingerprint density at radius 3 is 3.11 bits per heavy atom. The van der Waals surface area contributed by atoms with E-state index < -0.39 is 0 Å². The van der Waals surface area contributed by atoms with Crippen molar-refractivity contribution in [1.29, 1.82) is 0 Å². The Hall–Kier alpha value is -1.59. The Bertz CT molecular complexity index is 580. The van der Waals surface area contributed by atoms with Crippen molar-refractivity contribution in [2.75, 3.05) is 18.9 Å². The number of nitrogens with zero attached hydrogens (tertiary/aromatic N) is 4. The molecule has 3 rings (SSSR count). The summed E-state index contributed by atoms with van der Waals surface area (Å²) < 4.78 is 2.19. The minimum absolute atomic E-state index is 0.716. The maximum Gasteiger partial charge on any atom is 0.126 e. The Balaban J connectivity index is 1.76. The fourth-order valence-electron chi connectivity index (χ4n) is 2.30. The number of rotatable bonds is 3. The summed E-state index contributed by atoms with van der Waals surface area (Å²) in [6.07, 6.45) is 3.88. The van der Waals surface area contributed by atoms with E-state index >= 15 is 0 Å². The van der Waals surface area contributed by atoms with E-state index in [0.717, 1.165) is 43.5 Å². The topological polar surface area (TPSA) is 46.0 Å². The largest absolute Gasteiger partial charge is 0.373 e. The summed E-state index contributed by atoms with van der Waals surface area (Å²) in [6.45, 7) is 3.56. The highest BCUT2D eigenvalue weighted by Crippen LogP contribution is 2.20. The molecular formula is C13H16ClN5. The zero-order valence-corrected chi connectivity index (χ0v) is 11.6. The van der Waals surface area contributed by atoms with Gasteiger partial charge in [-0.25, -0.2) is 9.97 Å². The molecule has 19 heavy (non-hydrogen) atoms. The molecule has 0 saturated carbocycles. The van der Waals surface area contributed by atoms with Crippen LogP contribution in [0.1, 0.15) is 11.5 Å². The van der Waals surface area contributed by atoms with E-state index in [0.29, 0.717) is 5.02 Å². The maximum atomic E-state index is 6.21. The first-order valence-electron chi connectivity index (χ1n) is 6.32. The van der Waals surface area contributed by atoms with Gasteiger partial charge >= 0.3 is 0 Å². The van der Waals surface area contributed by atoms with Crippen molar-refractivity contribution in [3.8, 4) is 0 Å². The van der Waals surface area contributed by atoms with Gasteiger partial charge < -0.3 is 9.88 Å². The lowest BCUT2D eigenvalue weighted by Crippen LogP contribution is -2.33. The van der Waals surface area contributed by atoms with E-state index in [2.05, 4.69) is 24.8 Å². The first kappa shape index (κ1) is 12.4. The standard InChI is InChI=1S/C13H16ClN5/c1-15-12-3-2-10(14)11(17-12)8-18-6-7-19-5-4-16-13(19)9-18/h2-5H,6-9H2,1H3,(H,15,17). The Morgan fingerprint density at radius 2 is 2.26 bits per heavy atom. The minimum Gasteiger partial charge on any atom is -0.373 e. The highest BCUT2D eigenvalue weighted by Gasteiger charge is 2.18. The quantitative estimate of drug-likeness (QED) is 0.932. The number of nitrogens with one attached hydrogen (secondary N) is 1. The normalized spacial score (nSPS) is 15.3. The van der Waals surface area contributed by atoms with Gasteiger partial charge in [0, 0.05) is 39.1 Å². The zero-order valence-electron chi connectivity index (χ0n) is 10.8. The van der Waals surface area contributed by atoms with Crippen LogP contribution in [0.25, 0.3) is 0 Å². The lowest BCUT2D eigenvalue weighted by Gasteiger charge is -2.27. The average molecular weight is 278 g/mol. The lowest BCUT2D eigenvalue weighted by atomic mass is 10.3. The smallest absolute Gasteiger partial charge is 0.126 e. The van der Waals surface area contributed by atoms with Crippen molar-refractivity contribution >= 4 is 17.4 Å². The van der Waals surface area contributed by atoms with Crippen LogP contribution in [-0.2, 0) is 19.6 Å². The van der Waals surface area contributed by atoms with Crippen molar-refractivity contribution < 1.29 is 0 Å². The van der Waals surface area contributed by atoms with Crippen LogP contribution >= 0.6 is 11.6 Å². The second kappa shape index (κ2) is 5.19. The highest BCUT2D eigenvalue weighted by molar-refractivity contribution is 6.31. The van der Waals surface area contributed by atoms with Crippen LogP contribution in [0.5, 0.6) is 0 Å². The molecule has 0 aromatic carbocycles. The molecule has 0 atom stereocenters. The highest BCUT2D eigenvalue weighted by atomic mass is 35.5. The number of hydrogen-bond acceptors (Lipinski definition) is 4. The molecule has 5 nitrogen and oxygen atoms in total. The molecule has 0 bridgehead atoms. The molecule has 0 amide bonds. The summed E-state index contributed by atoms with van der Waals surface area (Å²) in [4.78, 5) is 11.2. The Kier molecular flexibility index (Phi) is 3.40. The Morgan fingerprint density at radius 1 is 1.37 bits per heavy atom. The summed E-state index contributed by atoms with van der Waals surface area (Å²) in [5, 5.41) is 3.75. The van der Waals surface area contributed by atoms with Crippen molar-refractivity contribution in [1.82, 2.24) is 19.4 Å². The van der Waals surface area contributed by atoms with Crippen LogP contribution in [0.4, 0.5) is 5.82 Å². The summed E-state index contributed by atoms with van der Waals surface area (Å²) >= 11 is 6.21. The van der Waals surface area contributed by atoms with E-state index in [4.69, 9.17) is 11.6 Å². The van der Waals surface area contributed by atoms with E-state index in [1.165, 1.54) is 0 Å². The number of halogens is 1. The van der Waals surface area contributed by atoms with Gasteiger partial charge in [0.2, 0.25) is 0 Å². The van der Waals surface area contributed by atoms with Crippen LogP contribution in [0.15, 0.2) is 24.5 Å². The summed E-state index contributed by atoms with van der Waals surface area (Å²) in [5.41, 5.74) is 0.911. The van der Waals surface area contributed by atoms with Crippen molar-refractivity contribution in [2.45, 2.75) is 19.6 Å². The van der Waals surface area contributed by atoms with E-state index in [1.54, 1.807) is 0 Å². The van der Waals surface area contributed by atoms with Crippen molar-refractivity contribution in [3.63, 3.8) is 0 Å². The zero-order chi connectivity index (χ0) is 13.2. The molecule has 3 heterocycles. The number of fused-ring (bicyclic) bond motifs is 1. The molecular weight excluding hydrogens is 262 g/mol. The van der Waals surface area contributed by atoms with Gasteiger partial charge in [0.05, 0.1) is 17.3 Å². The number of hydrogen-bond donors (Lipinski definition) is 1. The second-order valence-corrected chi connectivity index (χ2v) is 5.03. The molecule has 0 saturated heterocycles. The third kappa shape index (κ3) is 2.57. The van der Waals surface area contributed by atoms with Crippen LogP contribution in [0.3, 0.4) is 0 Å². The monoisotopic (exact) mass is 277 g/mol. The first-order chi connectivity index (χ1) is 9.26. The molecule has 1 aliphatic heterocycles. The second-order valence-electron chi connectivity index (χ2n) is 4.62. The molecule has 1 N–H and O–H groups in total. The fraction of sp³-hybridized carbons (Fsp3) is 0.385. The summed E-state index contributed by atoms with van der Waals surface area (Å²) in [7, 11) is 1.86. The maximum absolute atomic E-state index is 6.21. The van der Waals surface area contributed by atoms with Gasteiger partial charge in [-0.15, -0.1) is 0 Å². The summed E-state index contributed by atoms with van der Waals surface area (Å²) in [6, 6.07) is 3.77. The van der Waals surface area contributed by atoms with Crippen molar-refractivity contribution in [2.24, 2.45) is 0 Å². The lowest BCUT2D eigenvalue weighted by molar-refractivity contribution is 0.206. The first-order valence-corrected chi connectivity index (χ1v) is 6.69. The molecule has 2 aromatic heterocycles. The van der Waals surface area contributed by atoms with Gasteiger partial charge in [0.1, 0.15) is 11.6 Å². The molecule has 0 unspecified atom stereocenters. The van der Waals surface area contributed by atoms with E-state index in [9.17, 15) is 0 Å². The number of anilines is 1. The predicted octanol–water partition coefficient (Wildman–Crippen LogP) is 1.99. The molecule has 1 aliphatic rings. The Labute approximate surface area is 117 Å². The van der Waals surface area contributed by atoms with Crippen LogP contribution in [0.2, 0.25) is 5.02 Å². The van der Waals surface area contributed by atoms with E-state index in [-0.39, 0.29) is 0 Å². The number of imidazole rings is 1. The molecule has 2 aromatic rings. The number of pyridine rings is 1. The third-order valence-corrected chi connectivity index (χ3v) is 3.72. The molecule has 100 valence electrons. The minimum atomic E-state index is 0.716. The van der Waals surface area contributed by atoms with Gasteiger partial charge in [-0.2, -0.15) is 0 Å². The molecule has 0 fully saturated rings. The molecule has 0 radical (unpaired) electrons. The van der Waals surface area contributed by atoms with Gasteiger partial charge in [-0.1, -0.05) is 11.6 Å². The fourth-order valence-corrected chi connectivity index (χ4v) is 2.47. The van der Waals surface area contributed by atoms with Gasteiger partial charge in [-0.3, -0.25) is 4.90 Å². The third-order valence-electron chi connectivity index (χ3n) is 3.37. The SMILES string of the molecule is CNc1ccc(Cl)c(CN2CCn3ccnc3C2)n1. The van der Waals surface area contributed by atoms with Crippen LogP contribution in [-0.4, -0.2) is 33.0 Å². The molecule has 6 heteroatoms. The molecule has 0 spiro atoms. The number of aromatic nitrogens is 3. The van der Waals surface area contributed by atoms with Gasteiger partial charge in [0.15, 0.2) is 0 Å². The van der Waals surface area contributed by atoms with Gasteiger partial charge in [-0.05, 0) is 12.1 Å². The summed E-state index contributed by atoms with van der Waals surface area (Å²) in [5.74, 6) is 1.95. The predicted molar refractivity (Wildman–Crippen MR) is 75.1 cm³/mol. The van der Waals surface area contributed by atoms with Gasteiger partial charge in [0.25, 0.3) is 0 Å². The van der Waals surface area contributed by atoms with Crippen molar-refractivity contribution in [3.05, 3.63) is 41.1 Å². The van der Waals surface area contributed by atoms with E-state index in [1.807, 2.05) is 31.6 Å².